The van der Waals surface area contributed by atoms with Gasteiger partial charge in [0.15, 0.2) is 0 Å². The number of carboxylic acid groups (broad SMARTS) is 1. The molecule has 0 aliphatic carbocycles. The van der Waals surface area contributed by atoms with Crippen LogP contribution in [0.3, 0.4) is 0 Å². The van der Waals surface area contributed by atoms with Gasteiger partial charge in [-0.3, -0.25) is 4.90 Å². The number of benzene rings is 2. The summed E-state index contributed by atoms with van der Waals surface area (Å²) in [6.45, 7) is 4.77. The minimum absolute atomic E-state index is 0. The molecule has 0 bridgehead atoms. The summed E-state index contributed by atoms with van der Waals surface area (Å²) in [5, 5.41) is 19.1. The fraction of sp³-hybridized carbons (Fsp3) is 0.381. The van der Waals surface area contributed by atoms with Crippen molar-refractivity contribution in [2.45, 2.75) is 12.5 Å². The van der Waals surface area contributed by atoms with Crippen LogP contribution in [0.15, 0.2) is 54.6 Å². The molecule has 7 heteroatoms. The molecule has 1 aliphatic rings. The van der Waals surface area contributed by atoms with Gasteiger partial charge in [-0.15, -0.1) is 0 Å². The van der Waals surface area contributed by atoms with Gasteiger partial charge in [0.2, 0.25) is 0 Å². The van der Waals surface area contributed by atoms with Gasteiger partial charge in [0.1, 0.15) is 12.4 Å². The molecule has 0 saturated carbocycles. The molecule has 1 saturated heterocycles. The average molecular weight is 394 g/mol. The Morgan fingerprint density at radius 3 is 2.29 bits per heavy atom. The summed E-state index contributed by atoms with van der Waals surface area (Å²) in [5.74, 6) is -0.125. The third-order valence-electron chi connectivity index (χ3n) is 4.82. The molecule has 1 fully saturated rings. The average Bonchev–Trinajstić information content (AvgIpc) is 2.72. The van der Waals surface area contributed by atoms with E-state index in [1.807, 2.05) is 42.5 Å². The Hall–Kier alpha value is -1.57. The first-order chi connectivity index (χ1) is 13.1. The molecule has 3 rings (SSSR count). The van der Waals surface area contributed by atoms with E-state index in [4.69, 9.17) is 9.84 Å². The molecular weight excluding hydrogens is 367 g/mol. The summed E-state index contributed by atoms with van der Waals surface area (Å²) in [6, 6.07) is 16.5. The number of piperazine rings is 1. The molecule has 2 N–H and O–H groups in total. The Kier molecular flexibility index (Phi) is 9.28. The van der Waals surface area contributed by atoms with Crippen molar-refractivity contribution in [3.63, 3.8) is 0 Å². The minimum Gasteiger partial charge on any atom is -1.00 e. The second kappa shape index (κ2) is 11.4. The minimum atomic E-state index is -0.902. The molecule has 0 aromatic heterocycles. The van der Waals surface area contributed by atoms with Crippen LogP contribution >= 0.6 is 0 Å². The second-order valence-electron chi connectivity index (χ2n) is 6.75. The van der Waals surface area contributed by atoms with Crippen LogP contribution in [0.25, 0.3) is 0 Å². The zero-order valence-corrected chi connectivity index (χ0v) is 18.3. The molecule has 2 aromatic carbocycles. The third kappa shape index (κ3) is 6.79. The standard InChI is InChI=1S/C21H26N2O4.Na.H/c24-19(16-27-20-4-2-1-3-5-20)10-11-22-12-14-23(15-13-22)18-8-6-17(7-9-18)21(25)26;;/h1-9,19,24H,10-16H2,(H,25,26);;/q;+1;-1. The van der Waals surface area contributed by atoms with Crippen LogP contribution in [0.1, 0.15) is 18.2 Å². The fourth-order valence-electron chi connectivity index (χ4n) is 3.17. The van der Waals surface area contributed by atoms with E-state index in [9.17, 15) is 9.90 Å². The largest absolute Gasteiger partial charge is 1.00 e. The summed E-state index contributed by atoms with van der Waals surface area (Å²) < 4.78 is 5.59. The van der Waals surface area contributed by atoms with Crippen molar-refractivity contribution >= 4 is 11.7 Å². The fourth-order valence-corrected chi connectivity index (χ4v) is 3.17. The van der Waals surface area contributed by atoms with Crippen molar-refractivity contribution in [3.05, 3.63) is 60.2 Å². The molecular formula is C21H27N2NaO4. The van der Waals surface area contributed by atoms with Crippen LogP contribution in [-0.2, 0) is 0 Å². The number of ether oxygens (including phenoxy) is 1. The van der Waals surface area contributed by atoms with E-state index < -0.39 is 12.1 Å². The Bertz CT molecular complexity index is 725. The summed E-state index contributed by atoms with van der Waals surface area (Å²) in [7, 11) is 0. The Balaban J connectivity index is 0.00000210. The summed E-state index contributed by atoms with van der Waals surface area (Å²) >= 11 is 0. The van der Waals surface area contributed by atoms with Crippen LogP contribution in [-0.4, -0.2) is 66.5 Å². The second-order valence-corrected chi connectivity index (χ2v) is 6.75. The Morgan fingerprint density at radius 1 is 1.04 bits per heavy atom. The molecule has 146 valence electrons. The van der Waals surface area contributed by atoms with Gasteiger partial charge in [-0.25, -0.2) is 4.79 Å². The van der Waals surface area contributed by atoms with E-state index in [-0.39, 0.29) is 31.0 Å². The number of carboxylic acids is 1. The monoisotopic (exact) mass is 394 g/mol. The first-order valence-corrected chi connectivity index (χ1v) is 9.28. The van der Waals surface area contributed by atoms with Crippen molar-refractivity contribution in [1.29, 1.82) is 0 Å². The predicted molar refractivity (Wildman–Crippen MR) is 106 cm³/mol. The van der Waals surface area contributed by atoms with Crippen molar-refractivity contribution in [2.24, 2.45) is 0 Å². The van der Waals surface area contributed by atoms with Crippen LogP contribution < -0.4 is 39.2 Å². The number of hydrogen-bond acceptors (Lipinski definition) is 5. The van der Waals surface area contributed by atoms with Crippen LogP contribution in [0.5, 0.6) is 5.75 Å². The molecule has 0 radical (unpaired) electrons. The number of hydrogen-bond donors (Lipinski definition) is 2. The van der Waals surface area contributed by atoms with E-state index in [2.05, 4.69) is 9.80 Å². The van der Waals surface area contributed by atoms with E-state index in [0.29, 0.717) is 18.6 Å². The maximum atomic E-state index is 10.9. The van der Waals surface area contributed by atoms with Crippen LogP contribution in [0, 0.1) is 0 Å². The molecule has 0 spiro atoms. The molecule has 1 atom stereocenters. The van der Waals surface area contributed by atoms with Crippen molar-refractivity contribution < 1.29 is 50.7 Å². The number of carbonyl (C=O) groups is 1. The summed E-state index contributed by atoms with van der Waals surface area (Å²) in [4.78, 5) is 15.5. The maximum Gasteiger partial charge on any atom is 1.00 e. The first-order valence-electron chi connectivity index (χ1n) is 9.28. The number of nitrogens with zero attached hydrogens (tertiary/aromatic N) is 2. The van der Waals surface area contributed by atoms with Gasteiger partial charge < -0.3 is 21.3 Å². The Labute approximate surface area is 189 Å². The quantitative estimate of drug-likeness (QED) is 0.586. The van der Waals surface area contributed by atoms with Gasteiger partial charge in [0.05, 0.1) is 11.7 Å². The van der Waals surface area contributed by atoms with Crippen LogP contribution in [0.4, 0.5) is 5.69 Å². The normalized spacial score (nSPS) is 15.5. The van der Waals surface area contributed by atoms with E-state index in [1.165, 1.54) is 0 Å². The van der Waals surface area contributed by atoms with E-state index in [0.717, 1.165) is 44.2 Å². The van der Waals surface area contributed by atoms with E-state index in [1.54, 1.807) is 12.1 Å². The van der Waals surface area contributed by atoms with Gasteiger partial charge in [-0.2, -0.15) is 0 Å². The molecule has 1 aliphatic heterocycles. The predicted octanol–water partition coefficient (Wildman–Crippen LogP) is -0.547. The van der Waals surface area contributed by atoms with E-state index >= 15 is 0 Å². The van der Waals surface area contributed by atoms with Gasteiger partial charge in [-0.05, 0) is 42.8 Å². The molecule has 2 aromatic rings. The SMILES string of the molecule is O=C(O)c1ccc(N2CCN(CCC(O)COc3ccccc3)CC2)cc1.[H-].[Na+]. The summed E-state index contributed by atoms with van der Waals surface area (Å²) in [5.41, 5.74) is 1.36. The number of aliphatic hydroxyl groups is 1. The number of anilines is 1. The first kappa shape index (κ1) is 22.7. The Morgan fingerprint density at radius 2 is 1.68 bits per heavy atom. The topological polar surface area (TPSA) is 73.2 Å². The van der Waals surface area contributed by atoms with Gasteiger partial charge in [0, 0.05) is 38.4 Å². The smallest absolute Gasteiger partial charge is 1.00 e. The van der Waals surface area contributed by atoms with Crippen molar-refractivity contribution in [2.75, 3.05) is 44.2 Å². The van der Waals surface area contributed by atoms with Crippen molar-refractivity contribution in [3.8, 4) is 5.75 Å². The number of rotatable bonds is 8. The summed E-state index contributed by atoms with van der Waals surface area (Å²) in [6.07, 6.45) is 0.201. The maximum absolute atomic E-state index is 10.9. The molecule has 28 heavy (non-hydrogen) atoms. The number of aromatic carboxylic acids is 1. The van der Waals surface area contributed by atoms with Gasteiger partial charge in [-0.1, -0.05) is 18.2 Å². The third-order valence-corrected chi connectivity index (χ3v) is 4.82. The molecule has 1 unspecified atom stereocenters. The van der Waals surface area contributed by atoms with Crippen LogP contribution in [0.2, 0.25) is 0 Å². The molecule has 6 nitrogen and oxygen atoms in total. The number of para-hydroxylation sites is 1. The zero-order valence-electron chi connectivity index (χ0n) is 17.3. The zero-order chi connectivity index (χ0) is 19.1. The molecule has 0 amide bonds. The molecule has 1 heterocycles. The van der Waals surface area contributed by atoms with Gasteiger partial charge in [0.25, 0.3) is 0 Å². The van der Waals surface area contributed by atoms with Crippen molar-refractivity contribution in [1.82, 2.24) is 4.90 Å². The number of aliphatic hydroxyl groups excluding tert-OH is 1. The van der Waals surface area contributed by atoms with Gasteiger partial charge >= 0.3 is 35.5 Å².